The van der Waals surface area contributed by atoms with Gasteiger partial charge in [0.1, 0.15) is 12.1 Å². The first-order chi connectivity index (χ1) is 15.4. The largest absolute Gasteiger partial charge is 0.383 e. The standard InChI is InChI=1S/C24H37N7O/c1-16-12-25-23(30-19-7-5-18(6-8-19)29-17(2)13-32-4)31-22(16)20-11-21(28-15-27-20)26-14-24(3)9-10-24/h11-12,15,17-19,29H,5-10,13-14H2,1-4H3,(H,25,30,31)(H,26,27,28)/t17-,18?,19?/m0/s1. The highest BCUT2D eigenvalue weighted by Gasteiger charge is 2.36. The molecule has 2 aliphatic carbocycles. The molecule has 2 heterocycles. The van der Waals surface area contributed by atoms with E-state index in [1.807, 2.05) is 19.2 Å². The minimum atomic E-state index is 0.386. The van der Waals surface area contributed by atoms with Crippen LogP contribution in [0.1, 0.15) is 57.9 Å². The van der Waals surface area contributed by atoms with Crippen LogP contribution in [0.25, 0.3) is 11.4 Å². The second kappa shape index (κ2) is 10.1. The Morgan fingerprint density at radius 1 is 1.12 bits per heavy atom. The van der Waals surface area contributed by atoms with Crippen LogP contribution < -0.4 is 16.0 Å². The molecule has 2 fully saturated rings. The van der Waals surface area contributed by atoms with Crippen molar-refractivity contribution >= 4 is 11.8 Å². The van der Waals surface area contributed by atoms with E-state index in [1.165, 1.54) is 12.8 Å². The number of aromatic nitrogens is 4. The normalized spacial score (nSPS) is 22.9. The molecule has 8 heteroatoms. The molecular formula is C24H37N7O. The highest BCUT2D eigenvalue weighted by molar-refractivity contribution is 5.62. The molecule has 2 aromatic heterocycles. The number of anilines is 2. The molecule has 32 heavy (non-hydrogen) atoms. The summed E-state index contributed by atoms with van der Waals surface area (Å²) in [4.78, 5) is 18.2. The van der Waals surface area contributed by atoms with Gasteiger partial charge in [0.05, 0.1) is 18.0 Å². The number of nitrogens with one attached hydrogen (secondary N) is 3. The zero-order valence-electron chi connectivity index (χ0n) is 19.8. The van der Waals surface area contributed by atoms with Crippen molar-refractivity contribution in [2.24, 2.45) is 5.41 Å². The maximum Gasteiger partial charge on any atom is 0.223 e. The molecule has 0 unspecified atom stereocenters. The Hall–Kier alpha value is -2.32. The summed E-state index contributed by atoms with van der Waals surface area (Å²) in [6, 6.07) is 3.32. The minimum Gasteiger partial charge on any atom is -0.383 e. The number of nitrogens with zero attached hydrogens (tertiary/aromatic N) is 4. The van der Waals surface area contributed by atoms with Gasteiger partial charge in [-0.3, -0.25) is 0 Å². The van der Waals surface area contributed by atoms with Gasteiger partial charge in [0, 0.05) is 44.0 Å². The Morgan fingerprint density at radius 3 is 2.59 bits per heavy atom. The van der Waals surface area contributed by atoms with E-state index in [0.717, 1.165) is 61.6 Å². The first-order valence-electron chi connectivity index (χ1n) is 11.9. The predicted molar refractivity (Wildman–Crippen MR) is 128 cm³/mol. The second-order valence-electron chi connectivity index (χ2n) is 9.89. The van der Waals surface area contributed by atoms with Crippen molar-refractivity contribution in [3.8, 4) is 11.4 Å². The van der Waals surface area contributed by atoms with E-state index in [9.17, 15) is 0 Å². The van der Waals surface area contributed by atoms with Crippen molar-refractivity contribution in [2.45, 2.75) is 77.4 Å². The molecule has 0 spiro atoms. The zero-order chi connectivity index (χ0) is 22.6. The molecule has 0 aromatic carbocycles. The fourth-order valence-corrected chi connectivity index (χ4v) is 4.34. The van der Waals surface area contributed by atoms with Crippen LogP contribution in [-0.2, 0) is 4.74 Å². The number of aryl methyl sites for hydroxylation is 1. The fraction of sp³-hybridized carbons (Fsp3) is 0.667. The van der Waals surface area contributed by atoms with Crippen molar-refractivity contribution in [3.63, 3.8) is 0 Å². The lowest BCUT2D eigenvalue weighted by molar-refractivity contribution is 0.161. The average molecular weight is 440 g/mol. The van der Waals surface area contributed by atoms with Crippen LogP contribution in [0, 0.1) is 12.3 Å². The van der Waals surface area contributed by atoms with Crippen LogP contribution >= 0.6 is 0 Å². The third-order valence-electron chi connectivity index (χ3n) is 6.68. The third-order valence-corrected chi connectivity index (χ3v) is 6.68. The lowest BCUT2D eigenvalue weighted by Crippen LogP contribution is -2.43. The van der Waals surface area contributed by atoms with Gasteiger partial charge in [0.15, 0.2) is 0 Å². The van der Waals surface area contributed by atoms with Crippen molar-refractivity contribution in [3.05, 3.63) is 24.2 Å². The molecule has 0 saturated heterocycles. The van der Waals surface area contributed by atoms with Crippen LogP contribution in [0.2, 0.25) is 0 Å². The predicted octanol–water partition coefficient (Wildman–Crippen LogP) is 3.80. The summed E-state index contributed by atoms with van der Waals surface area (Å²) in [5.74, 6) is 1.53. The van der Waals surface area contributed by atoms with Gasteiger partial charge in [0.25, 0.3) is 0 Å². The summed E-state index contributed by atoms with van der Waals surface area (Å²) < 4.78 is 5.24. The summed E-state index contributed by atoms with van der Waals surface area (Å²) >= 11 is 0. The van der Waals surface area contributed by atoms with E-state index in [2.05, 4.69) is 44.7 Å². The molecule has 0 bridgehead atoms. The quantitative estimate of drug-likeness (QED) is 0.514. The topological polar surface area (TPSA) is 96.9 Å². The first-order valence-corrected chi connectivity index (χ1v) is 11.9. The minimum absolute atomic E-state index is 0.386. The van der Waals surface area contributed by atoms with E-state index in [1.54, 1.807) is 13.4 Å². The maximum atomic E-state index is 5.24. The first kappa shape index (κ1) is 22.9. The summed E-state index contributed by atoms with van der Waals surface area (Å²) in [5, 5.41) is 10.7. The van der Waals surface area contributed by atoms with Crippen molar-refractivity contribution < 1.29 is 4.74 Å². The monoisotopic (exact) mass is 439 g/mol. The van der Waals surface area contributed by atoms with Crippen LogP contribution in [0.15, 0.2) is 18.6 Å². The van der Waals surface area contributed by atoms with Crippen LogP contribution in [-0.4, -0.2) is 58.3 Å². The van der Waals surface area contributed by atoms with Gasteiger partial charge in [-0.05, 0) is 63.4 Å². The Morgan fingerprint density at radius 2 is 1.88 bits per heavy atom. The van der Waals surface area contributed by atoms with Crippen molar-refractivity contribution in [2.75, 3.05) is 30.9 Å². The van der Waals surface area contributed by atoms with Gasteiger partial charge in [-0.1, -0.05) is 6.92 Å². The van der Waals surface area contributed by atoms with Crippen LogP contribution in [0.5, 0.6) is 0 Å². The number of hydrogen-bond donors (Lipinski definition) is 3. The van der Waals surface area contributed by atoms with E-state index in [0.29, 0.717) is 29.5 Å². The van der Waals surface area contributed by atoms with E-state index >= 15 is 0 Å². The van der Waals surface area contributed by atoms with Crippen molar-refractivity contribution in [1.29, 1.82) is 0 Å². The van der Waals surface area contributed by atoms with E-state index < -0.39 is 0 Å². The second-order valence-corrected chi connectivity index (χ2v) is 9.89. The molecule has 0 radical (unpaired) electrons. The van der Waals surface area contributed by atoms with Gasteiger partial charge < -0.3 is 20.7 Å². The molecule has 0 aliphatic heterocycles. The molecule has 2 aromatic rings. The third kappa shape index (κ3) is 6.13. The molecule has 3 N–H and O–H groups in total. The number of rotatable bonds is 10. The lowest BCUT2D eigenvalue weighted by atomic mass is 9.91. The van der Waals surface area contributed by atoms with Crippen LogP contribution in [0.4, 0.5) is 11.8 Å². The summed E-state index contributed by atoms with van der Waals surface area (Å²) in [7, 11) is 1.75. The fourth-order valence-electron chi connectivity index (χ4n) is 4.34. The Bertz CT molecular complexity index is 894. The van der Waals surface area contributed by atoms with E-state index in [4.69, 9.17) is 9.72 Å². The molecule has 2 aliphatic rings. The highest BCUT2D eigenvalue weighted by atomic mass is 16.5. The molecule has 1 atom stereocenters. The van der Waals surface area contributed by atoms with Gasteiger partial charge in [0.2, 0.25) is 5.95 Å². The molecule has 0 amide bonds. The smallest absolute Gasteiger partial charge is 0.223 e. The summed E-state index contributed by atoms with van der Waals surface area (Å²) in [6.45, 7) is 8.20. The van der Waals surface area contributed by atoms with Gasteiger partial charge in [-0.25, -0.2) is 19.9 Å². The highest BCUT2D eigenvalue weighted by Crippen LogP contribution is 2.44. The number of hydrogen-bond acceptors (Lipinski definition) is 8. The Kier molecular flexibility index (Phi) is 7.20. The summed E-state index contributed by atoms with van der Waals surface area (Å²) in [5.41, 5.74) is 3.11. The van der Waals surface area contributed by atoms with Gasteiger partial charge in [-0.2, -0.15) is 0 Å². The molecule has 174 valence electrons. The summed E-state index contributed by atoms with van der Waals surface area (Å²) in [6.07, 6.45) is 10.5. The SMILES string of the molecule is COC[C@H](C)NC1CCC(Nc2ncc(C)c(-c3cc(NCC4(C)CC4)ncn3)n2)CC1. The molecular weight excluding hydrogens is 402 g/mol. The molecule has 8 nitrogen and oxygen atoms in total. The Labute approximate surface area is 191 Å². The number of ether oxygens (including phenoxy) is 1. The van der Waals surface area contributed by atoms with Gasteiger partial charge >= 0.3 is 0 Å². The van der Waals surface area contributed by atoms with E-state index in [-0.39, 0.29) is 0 Å². The lowest BCUT2D eigenvalue weighted by Gasteiger charge is -2.31. The molecule has 4 rings (SSSR count). The zero-order valence-corrected chi connectivity index (χ0v) is 19.8. The van der Waals surface area contributed by atoms with Crippen molar-refractivity contribution in [1.82, 2.24) is 25.3 Å². The molecule has 2 saturated carbocycles. The average Bonchev–Trinajstić information content (AvgIpc) is 3.53. The maximum absolute atomic E-state index is 5.24. The Balaban J connectivity index is 1.36. The number of methoxy groups -OCH3 is 1. The van der Waals surface area contributed by atoms with Crippen LogP contribution in [0.3, 0.4) is 0 Å². The van der Waals surface area contributed by atoms with Gasteiger partial charge in [-0.15, -0.1) is 0 Å².